The first-order chi connectivity index (χ1) is 9.48. The van der Waals surface area contributed by atoms with Crippen molar-refractivity contribution in [3.05, 3.63) is 29.3 Å². The molecule has 0 aromatic heterocycles. The minimum absolute atomic E-state index is 0.0746. The van der Waals surface area contributed by atoms with Crippen molar-refractivity contribution in [1.82, 2.24) is 0 Å². The molecule has 0 bridgehead atoms. The molecule has 0 saturated heterocycles. The van der Waals surface area contributed by atoms with Gasteiger partial charge >= 0.3 is 0 Å². The van der Waals surface area contributed by atoms with Gasteiger partial charge in [-0.3, -0.25) is 4.79 Å². The van der Waals surface area contributed by atoms with E-state index >= 15 is 0 Å². The summed E-state index contributed by atoms with van der Waals surface area (Å²) in [6.07, 6.45) is 3.95. The highest BCUT2D eigenvalue weighted by Gasteiger charge is 2.39. The zero-order valence-corrected chi connectivity index (χ0v) is 12.7. The van der Waals surface area contributed by atoms with Gasteiger partial charge in [0.2, 0.25) is 0 Å². The fraction of sp³-hybridized carbons (Fsp3) is 0.611. The van der Waals surface area contributed by atoms with Crippen molar-refractivity contribution in [2.75, 3.05) is 6.61 Å². The van der Waals surface area contributed by atoms with Gasteiger partial charge in [-0.05, 0) is 41.4 Å². The van der Waals surface area contributed by atoms with Crippen molar-refractivity contribution in [2.24, 2.45) is 11.8 Å². The van der Waals surface area contributed by atoms with Crippen LogP contribution in [0.25, 0.3) is 0 Å². The Morgan fingerprint density at radius 2 is 2.05 bits per heavy atom. The van der Waals surface area contributed by atoms with E-state index < -0.39 is 0 Å². The Bertz CT molecular complexity index is 530. The molecule has 3 rings (SSSR count). The summed E-state index contributed by atoms with van der Waals surface area (Å²) >= 11 is 0. The van der Waals surface area contributed by atoms with Crippen molar-refractivity contribution < 1.29 is 9.53 Å². The van der Waals surface area contributed by atoms with E-state index in [1.807, 2.05) is 0 Å². The van der Waals surface area contributed by atoms with Crippen LogP contribution in [0.1, 0.15) is 51.2 Å². The summed E-state index contributed by atoms with van der Waals surface area (Å²) in [7, 11) is 0. The molecule has 2 atom stereocenters. The molecule has 0 radical (unpaired) electrons. The Morgan fingerprint density at radius 3 is 2.80 bits per heavy atom. The topological polar surface area (TPSA) is 26.3 Å². The number of fused-ring (bicyclic) bond motifs is 1. The molecule has 1 aromatic carbocycles. The number of hydrogen-bond acceptors (Lipinski definition) is 2. The van der Waals surface area contributed by atoms with Crippen LogP contribution >= 0.6 is 0 Å². The second kappa shape index (κ2) is 4.91. The highest BCUT2D eigenvalue weighted by molar-refractivity contribution is 5.83. The monoisotopic (exact) mass is 272 g/mol. The molecular weight excluding hydrogens is 248 g/mol. The molecule has 1 aromatic rings. The first-order valence-corrected chi connectivity index (χ1v) is 7.77. The van der Waals surface area contributed by atoms with Crippen LogP contribution in [-0.4, -0.2) is 12.4 Å². The van der Waals surface area contributed by atoms with Crippen LogP contribution in [-0.2, 0) is 16.6 Å². The lowest BCUT2D eigenvalue weighted by molar-refractivity contribution is -0.128. The Balaban J connectivity index is 1.89. The zero-order valence-electron chi connectivity index (χ0n) is 12.7. The molecule has 2 aliphatic rings. The SMILES string of the molecule is CC1CCC(C(C)(C)c2ccc3c(c2)CCO3)C(=O)C1. The Morgan fingerprint density at radius 1 is 1.25 bits per heavy atom. The number of carbonyl (C=O) groups is 1. The molecule has 2 nitrogen and oxygen atoms in total. The van der Waals surface area contributed by atoms with Gasteiger partial charge in [0.15, 0.2) is 0 Å². The average Bonchev–Trinajstić information content (AvgIpc) is 2.85. The minimum Gasteiger partial charge on any atom is -0.493 e. The molecule has 2 heteroatoms. The average molecular weight is 272 g/mol. The van der Waals surface area contributed by atoms with Crippen LogP contribution in [0.5, 0.6) is 5.75 Å². The molecule has 1 heterocycles. The third kappa shape index (κ3) is 2.25. The van der Waals surface area contributed by atoms with Gasteiger partial charge in [-0.1, -0.05) is 32.9 Å². The highest BCUT2D eigenvalue weighted by atomic mass is 16.5. The summed E-state index contributed by atoms with van der Waals surface area (Å²) in [5, 5.41) is 0. The molecule has 108 valence electrons. The second-order valence-corrected chi connectivity index (χ2v) is 7.05. The summed E-state index contributed by atoms with van der Waals surface area (Å²) in [5.74, 6) is 2.20. The van der Waals surface area contributed by atoms with Crippen LogP contribution in [0.3, 0.4) is 0 Å². The number of ketones is 1. The molecule has 0 amide bonds. The molecule has 1 aliphatic heterocycles. The van der Waals surface area contributed by atoms with Gasteiger partial charge in [-0.2, -0.15) is 0 Å². The number of rotatable bonds is 2. The number of Topliss-reactive ketones (excluding diaryl/α,β-unsaturated/α-hetero) is 1. The third-order valence-electron chi connectivity index (χ3n) is 5.19. The second-order valence-electron chi connectivity index (χ2n) is 7.05. The summed E-state index contributed by atoms with van der Waals surface area (Å²) in [4.78, 5) is 12.4. The molecule has 0 N–H and O–H groups in total. The fourth-order valence-electron chi connectivity index (χ4n) is 3.75. The lowest BCUT2D eigenvalue weighted by Crippen LogP contribution is -2.38. The number of benzene rings is 1. The van der Waals surface area contributed by atoms with E-state index in [1.165, 1.54) is 17.5 Å². The maximum atomic E-state index is 12.4. The molecule has 20 heavy (non-hydrogen) atoms. The first kappa shape index (κ1) is 13.7. The van der Waals surface area contributed by atoms with Crippen molar-refractivity contribution in [2.45, 2.75) is 51.9 Å². The quantitative estimate of drug-likeness (QED) is 0.816. The smallest absolute Gasteiger partial charge is 0.137 e. The molecule has 1 saturated carbocycles. The molecule has 1 aliphatic carbocycles. The molecular formula is C18H24O2. The van der Waals surface area contributed by atoms with Gasteiger partial charge in [-0.25, -0.2) is 0 Å². The summed E-state index contributed by atoms with van der Waals surface area (Å²) in [6.45, 7) is 7.43. The van der Waals surface area contributed by atoms with Crippen molar-refractivity contribution in [3.63, 3.8) is 0 Å². The van der Waals surface area contributed by atoms with E-state index in [-0.39, 0.29) is 11.3 Å². The summed E-state index contributed by atoms with van der Waals surface area (Å²) in [6, 6.07) is 6.48. The van der Waals surface area contributed by atoms with Crippen LogP contribution in [0.15, 0.2) is 18.2 Å². The number of carbonyl (C=O) groups excluding carboxylic acids is 1. The van der Waals surface area contributed by atoms with E-state index in [4.69, 9.17) is 4.74 Å². The number of ether oxygens (including phenoxy) is 1. The fourth-order valence-corrected chi connectivity index (χ4v) is 3.75. The van der Waals surface area contributed by atoms with Crippen LogP contribution in [0, 0.1) is 11.8 Å². The van der Waals surface area contributed by atoms with Gasteiger partial charge < -0.3 is 4.74 Å². The van der Waals surface area contributed by atoms with E-state index in [9.17, 15) is 4.79 Å². The van der Waals surface area contributed by atoms with E-state index in [1.54, 1.807) is 0 Å². The third-order valence-corrected chi connectivity index (χ3v) is 5.19. The predicted molar refractivity (Wildman–Crippen MR) is 80.2 cm³/mol. The summed E-state index contributed by atoms with van der Waals surface area (Å²) < 4.78 is 5.58. The van der Waals surface area contributed by atoms with Crippen LogP contribution < -0.4 is 4.74 Å². The van der Waals surface area contributed by atoms with Gasteiger partial charge in [-0.15, -0.1) is 0 Å². The van der Waals surface area contributed by atoms with Gasteiger partial charge in [0, 0.05) is 18.8 Å². The largest absolute Gasteiger partial charge is 0.493 e. The van der Waals surface area contributed by atoms with Gasteiger partial charge in [0.25, 0.3) is 0 Å². The van der Waals surface area contributed by atoms with Crippen LogP contribution in [0.4, 0.5) is 0 Å². The normalized spacial score (nSPS) is 26.2. The maximum absolute atomic E-state index is 12.4. The van der Waals surface area contributed by atoms with Crippen LogP contribution in [0.2, 0.25) is 0 Å². The molecule has 2 unspecified atom stereocenters. The molecule has 0 spiro atoms. The van der Waals surface area contributed by atoms with Gasteiger partial charge in [0.1, 0.15) is 11.5 Å². The van der Waals surface area contributed by atoms with Crippen molar-refractivity contribution in [3.8, 4) is 5.75 Å². The Hall–Kier alpha value is -1.31. The number of hydrogen-bond donors (Lipinski definition) is 0. The van der Waals surface area contributed by atoms with Crippen molar-refractivity contribution >= 4 is 5.78 Å². The Labute approximate surface area is 121 Å². The van der Waals surface area contributed by atoms with E-state index in [0.29, 0.717) is 11.7 Å². The first-order valence-electron chi connectivity index (χ1n) is 7.77. The predicted octanol–water partition coefficient (Wildman–Crippen LogP) is 3.90. The highest BCUT2D eigenvalue weighted by Crippen LogP contribution is 2.41. The zero-order chi connectivity index (χ0) is 14.3. The lowest BCUT2D eigenvalue weighted by Gasteiger charge is -2.38. The van der Waals surface area contributed by atoms with E-state index in [2.05, 4.69) is 39.0 Å². The maximum Gasteiger partial charge on any atom is 0.137 e. The standard InChI is InChI=1S/C18H24O2/c1-12-4-6-15(16(19)10-12)18(2,3)14-5-7-17-13(11-14)8-9-20-17/h5,7,11-12,15H,4,6,8-10H2,1-3H3. The summed E-state index contributed by atoms with van der Waals surface area (Å²) in [5.41, 5.74) is 2.51. The minimum atomic E-state index is -0.0746. The lowest BCUT2D eigenvalue weighted by atomic mass is 9.65. The van der Waals surface area contributed by atoms with Crippen molar-refractivity contribution in [1.29, 1.82) is 0 Å². The molecule has 1 fully saturated rings. The van der Waals surface area contributed by atoms with E-state index in [0.717, 1.165) is 31.6 Å². The Kier molecular flexibility index (Phi) is 3.35. The van der Waals surface area contributed by atoms with Gasteiger partial charge in [0.05, 0.1) is 6.61 Å².